The lowest BCUT2D eigenvalue weighted by molar-refractivity contribution is 0.514. The molecule has 1 atom stereocenters. The summed E-state index contributed by atoms with van der Waals surface area (Å²) >= 11 is 0. The van der Waals surface area contributed by atoms with Crippen molar-refractivity contribution in [3.8, 4) is 6.07 Å². The number of pyridine rings is 1. The quantitative estimate of drug-likeness (QED) is 0.648. The normalized spacial score (nSPS) is 23.2. The van der Waals surface area contributed by atoms with E-state index >= 15 is 0 Å². The van der Waals surface area contributed by atoms with Crippen LogP contribution < -0.4 is 10.6 Å². The predicted octanol–water partition coefficient (Wildman–Crippen LogP) is 1.98. The van der Waals surface area contributed by atoms with Crippen molar-refractivity contribution >= 4 is 27.1 Å². The highest BCUT2D eigenvalue weighted by Gasteiger charge is 2.50. The van der Waals surface area contributed by atoms with Crippen molar-refractivity contribution in [2.45, 2.75) is 38.0 Å². The topological polar surface area (TPSA) is 131 Å². The maximum Gasteiger partial charge on any atom is 0.165 e. The van der Waals surface area contributed by atoms with Crippen LogP contribution in [-0.2, 0) is 9.84 Å². The van der Waals surface area contributed by atoms with Crippen LogP contribution in [0.25, 0.3) is 5.70 Å². The number of hydrogen-bond acceptors (Lipinski definition) is 7. The Morgan fingerprint density at radius 2 is 2.04 bits per heavy atom. The molecule has 1 aromatic rings. The maximum atomic E-state index is 12.6. The van der Waals surface area contributed by atoms with Gasteiger partial charge in [-0.1, -0.05) is 13.2 Å². The summed E-state index contributed by atoms with van der Waals surface area (Å²) in [6, 6.07) is 5.26. The first-order valence-corrected chi connectivity index (χ1v) is 10.1. The molecule has 8 nitrogen and oxygen atoms in total. The summed E-state index contributed by atoms with van der Waals surface area (Å²) in [4.78, 5) is 8.50. The first kappa shape index (κ1) is 21.3. The second-order valence-corrected chi connectivity index (χ2v) is 9.93. The Morgan fingerprint density at radius 3 is 2.54 bits per heavy atom. The van der Waals surface area contributed by atoms with Crippen LogP contribution in [0.5, 0.6) is 0 Å². The molecule has 0 unspecified atom stereocenters. The number of aliphatic imine (C=N–C) groups is 1. The van der Waals surface area contributed by atoms with E-state index in [0.717, 1.165) is 0 Å². The Morgan fingerprint density at radius 1 is 1.39 bits per heavy atom. The highest BCUT2D eigenvalue weighted by atomic mass is 32.2. The van der Waals surface area contributed by atoms with Gasteiger partial charge in [0.05, 0.1) is 28.2 Å². The average molecular weight is 401 g/mol. The number of aromatic nitrogens is 1. The summed E-state index contributed by atoms with van der Waals surface area (Å²) in [5, 5.41) is 22.8. The summed E-state index contributed by atoms with van der Waals surface area (Å²) in [7, 11) is -3.54. The zero-order valence-electron chi connectivity index (χ0n) is 16.4. The van der Waals surface area contributed by atoms with Gasteiger partial charge in [-0.2, -0.15) is 5.26 Å². The standard InChI is InChI=1S/C19H24N6O2S/c1-12(16-8-7-15(9-20)10-22-16)23-14(3)24-13(2)19(6)11-28(26,27)18(4,5)17(21)25-19/h7-8,10,23H,1,3,11H2,2,4-6H3,(H2,21,25)/b24-13+/t19-/m0/s1. The summed E-state index contributed by atoms with van der Waals surface area (Å²) in [5.41, 5.74) is 0.848. The molecule has 2 rings (SSSR count). The van der Waals surface area contributed by atoms with Gasteiger partial charge in [-0.15, -0.1) is 0 Å². The van der Waals surface area contributed by atoms with Gasteiger partial charge >= 0.3 is 0 Å². The van der Waals surface area contributed by atoms with E-state index in [4.69, 9.17) is 10.7 Å². The van der Waals surface area contributed by atoms with Gasteiger partial charge < -0.3 is 10.6 Å². The molecule has 0 bridgehead atoms. The number of rotatable bonds is 5. The molecule has 1 aliphatic heterocycles. The van der Waals surface area contributed by atoms with Crippen molar-refractivity contribution in [1.82, 2.24) is 15.6 Å². The minimum absolute atomic E-state index is 0.0689. The van der Waals surface area contributed by atoms with Crippen molar-refractivity contribution < 1.29 is 8.42 Å². The predicted molar refractivity (Wildman–Crippen MR) is 111 cm³/mol. The smallest absolute Gasteiger partial charge is 0.165 e. The molecule has 1 saturated heterocycles. The Balaban J connectivity index is 2.17. The third-order valence-electron chi connectivity index (χ3n) is 4.86. The molecule has 0 amide bonds. The highest BCUT2D eigenvalue weighted by molar-refractivity contribution is 7.93. The molecule has 0 aromatic carbocycles. The first-order chi connectivity index (χ1) is 12.8. The SMILES string of the molecule is C=C(/N=C(\C)[C@]1(C)CS(=O)(=O)C(C)(C)C(=N)N1)NC(=C)c1ccc(C#N)cn1. The number of hydrogen-bond donors (Lipinski definition) is 3. The summed E-state index contributed by atoms with van der Waals surface area (Å²) in [6.07, 6.45) is 1.44. The third-order valence-corrected chi connectivity index (χ3v) is 7.57. The zero-order valence-corrected chi connectivity index (χ0v) is 17.2. The lowest BCUT2D eigenvalue weighted by atomic mass is 9.96. The molecule has 0 aliphatic carbocycles. The largest absolute Gasteiger partial charge is 0.361 e. The Kier molecular flexibility index (Phi) is 5.48. The molecule has 0 saturated carbocycles. The Labute approximate surface area is 165 Å². The van der Waals surface area contributed by atoms with Crippen LogP contribution in [0, 0.1) is 16.7 Å². The van der Waals surface area contributed by atoms with Crippen molar-refractivity contribution in [3.05, 3.63) is 48.6 Å². The van der Waals surface area contributed by atoms with Gasteiger partial charge in [0.25, 0.3) is 0 Å². The molecule has 0 radical (unpaired) electrons. The number of nitrogens with zero attached hydrogens (tertiary/aromatic N) is 3. The fourth-order valence-electron chi connectivity index (χ4n) is 2.60. The van der Waals surface area contributed by atoms with Crippen molar-refractivity contribution in [1.29, 1.82) is 10.7 Å². The Bertz CT molecular complexity index is 1020. The van der Waals surface area contributed by atoms with Crippen molar-refractivity contribution in [3.63, 3.8) is 0 Å². The minimum atomic E-state index is -3.54. The molecule has 2 heterocycles. The molecule has 1 aromatic heterocycles. The monoisotopic (exact) mass is 400 g/mol. The number of nitrogens with one attached hydrogen (secondary N) is 3. The van der Waals surface area contributed by atoms with Gasteiger partial charge in [-0.3, -0.25) is 10.4 Å². The van der Waals surface area contributed by atoms with E-state index in [1.807, 2.05) is 6.07 Å². The molecule has 1 aliphatic rings. The molecule has 0 spiro atoms. The Hall–Kier alpha value is -2.99. The van der Waals surface area contributed by atoms with E-state index in [2.05, 4.69) is 33.8 Å². The number of nitriles is 1. The summed E-state index contributed by atoms with van der Waals surface area (Å²) in [6.45, 7) is 14.1. The lowest BCUT2D eigenvalue weighted by Crippen LogP contribution is -2.68. The fourth-order valence-corrected chi connectivity index (χ4v) is 4.37. The van der Waals surface area contributed by atoms with E-state index < -0.39 is 20.1 Å². The van der Waals surface area contributed by atoms with Gasteiger partial charge in [0.2, 0.25) is 0 Å². The van der Waals surface area contributed by atoms with E-state index in [1.165, 1.54) is 20.0 Å². The van der Waals surface area contributed by atoms with E-state index in [0.29, 0.717) is 22.7 Å². The molecular weight excluding hydrogens is 376 g/mol. The molecule has 28 heavy (non-hydrogen) atoms. The fraction of sp³-hybridized carbons (Fsp3) is 0.368. The van der Waals surface area contributed by atoms with Crippen LogP contribution in [0.4, 0.5) is 0 Å². The van der Waals surface area contributed by atoms with Crippen molar-refractivity contribution in [2.24, 2.45) is 4.99 Å². The van der Waals surface area contributed by atoms with Crippen LogP contribution in [0.15, 0.2) is 42.3 Å². The van der Waals surface area contributed by atoms with Crippen molar-refractivity contribution in [2.75, 3.05) is 5.75 Å². The highest BCUT2D eigenvalue weighted by Crippen LogP contribution is 2.29. The van der Waals surface area contributed by atoms with Crippen LogP contribution in [0.3, 0.4) is 0 Å². The minimum Gasteiger partial charge on any atom is -0.361 e. The molecule has 148 valence electrons. The number of amidine groups is 1. The summed E-state index contributed by atoms with van der Waals surface area (Å²) < 4.78 is 24.0. The number of sulfone groups is 1. The molecule has 1 fully saturated rings. The molecule has 3 N–H and O–H groups in total. The molecular formula is C19H24N6O2S. The third kappa shape index (κ3) is 3.97. The van der Waals surface area contributed by atoms with Gasteiger partial charge in [-0.25, -0.2) is 13.4 Å². The second-order valence-electron chi connectivity index (χ2n) is 7.39. The van der Waals surface area contributed by atoms with E-state index in [1.54, 1.807) is 26.0 Å². The summed E-state index contributed by atoms with van der Waals surface area (Å²) in [5.74, 6) is 0.00171. The van der Waals surface area contributed by atoms with Gasteiger partial charge in [-0.05, 0) is 39.8 Å². The van der Waals surface area contributed by atoms with Gasteiger partial charge in [0, 0.05) is 11.9 Å². The molecule has 9 heteroatoms. The van der Waals surface area contributed by atoms with E-state index in [-0.39, 0.29) is 17.4 Å². The average Bonchev–Trinajstić information content (AvgIpc) is 2.59. The lowest BCUT2D eigenvalue weighted by Gasteiger charge is -2.42. The van der Waals surface area contributed by atoms with Gasteiger partial charge in [0.1, 0.15) is 22.5 Å². The zero-order chi connectivity index (χ0) is 21.3. The van der Waals surface area contributed by atoms with Crippen LogP contribution in [0.1, 0.15) is 39.0 Å². The van der Waals surface area contributed by atoms with Crippen LogP contribution in [-0.4, -0.2) is 41.0 Å². The van der Waals surface area contributed by atoms with E-state index in [9.17, 15) is 8.42 Å². The van der Waals surface area contributed by atoms with Gasteiger partial charge in [0.15, 0.2) is 9.84 Å². The maximum absolute atomic E-state index is 12.6. The van der Waals surface area contributed by atoms with Crippen LogP contribution >= 0.6 is 0 Å². The second kappa shape index (κ2) is 7.20. The van der Waals surface area contributed by atoms with Crippen LogP contribution in [0.2, 0.25) is 0 Å². The first-order valence-electron chi connectivity index (χ1n) is 8.49.